The highest BCUT2D eigenvalue weighted by atomic mass is 14.6. The predicted octanol–water partition coefficient (Wildman–Crippen LogP) is 3.28. The van der Waals surface area contributed by atoms with Gasteiger partial charge in [0.05, 0.1) is 0 Å². The van der Waals surface area contributed by atoms with E-state index in [4.69, 9.17) is 0 Å². The molecular weight excluding hydrogens is 180 g/mol. The van der Waals surface area contributed by atoms with Gasteiger partial charge < -0.3 is 0 Å². The summed E-state index contributed by atoms with van der Waals surface area (Å²) in [5.41, 5.74) is 6.57. The molecule has 0 nitrogen and oxygen atoms in total. The van der Waals surface area contributed by atoms with E-state index < -0.39 is 0 Å². The van der Waals surface area contributed by atoms with Gasteiger partial charge in [0.15, 0.2) is 0 Å². The number of benzene rings is 2. The molecule has 2 aromatic carbocycles. The van der Waals surface area contributed by atoms with Crippen LogP contribution in [0.2, 0.25) is 0 Å². The summed E-state index contributed by atoms with van der Waals surface area (Å²) in [4.78, 5) is 0. The van der Waals surface area contributed by atoms with Crippen LogP contribution in [0.3, 0.4) is 0 Å². The molecule has 0 fully saturated rings. The Morgan fingerprint density at radius 1 is 0.733 bits per heavy atom. The SMILES string of the molecule is c1ccc2c(c1)CCC21c2ccccc21. The smallest absolute Gasteiger partial charge is 0.0463 e. The number of rotatable bonds is 0. The second-order valence-corrected chi connectivity index (χ2v) is 4.61. The summed E-state index contributed by atoms with van der Waals surface area (Å²) in [6, 6.07) is 17.8. The molecule has 0 radical (unpaired) electrons. The summed E-state index contributed by atoms with van der Waals surface area (Å²) in [6.45, 7) is 0. The van der Waals surface area contributed by atoms with E-state index >= 15 is 0 Å². The van der Waals surface area contributed by atoms with Crippen molar-refractivity contribution in [2.24, 2.45) is 0 Å². The molecule has 15 heavy (non-hydrogen) atoms. The van der Waals surface area contributed by atoms with E-state index in [0.717, 1.165) is 0 Å². The van der Waals surface area contributed by atoms with E-state index in [0.29, 0.717) is 5.41 Å². The van der Waals surface area contributed by atoms with Gasteiger partial charge in [0.25, 0.3) is 0 Å². The molecule has 0 atom stereocenters. The van der Waals surface area contributed by atoms with E-state index in [-0.39, 0.29) is 0 Å². The van der Waals surface area contributed by atoms with Gasteiger partial charge in [-0.25, -0.2) is 0 Å². The molecule has 0 bridgehead atoms. The fourth-order valence-corrected chi connectivity index (χ4v) is 3.30. The molecule has 0 aromatic heterocycles. The quantitative estimate of drug-likeness (QED) is 0.601. The lowest BCUT2D eigenvalue weighted by molar-refractivity contribution is 0.730. The second kappa shape index (κ2) is 2.33. The van der Waals surface area contributed by atoms with Crippen LogP contribution in [-0.4, -0.2) is 0 Å². The maximum atomic E-state index is 2.31. The summed E-state index contributed by atoms with van der Waals surface area (Å²) in [6.07, 6.45) is 2.52. The minimum Gasteiger partial charge on any atom is -0.0620 e. The van der Waals surface area contributed by atoms with Gasteiger partial charge in [-0.1, -0.05) is 48.5 Å². The normalized spacial score (nSPS) is 18.7. The lowest BCUT2D eigenvalue weighted by atomic mass is 9.93. The minimum atomic E-state index is 0.333. The van der Waals surface area contributed by atoms with Gasteiger partial charge in [-0.05, 0) is 35.1 Å². The molecule has 0 amide bonds. The monoisotopic (exact) mass is 192 g/mol. The molecule has 4 rings (SSSR count). The van der Waals surface area contributed by atoms with Crippen LogP contribution < -0.4 is 0 Å². The van der Waals surface area contributed by atoms with Gasteiger partial charge in [0.1, 0.15) is 0 Å². The van der Waals surface area contributed by atoms with Crippen LogP contribution in [0.15, 0.2) is 48.5 Å². The van der Waals surface area contributed by atoms with Crippen molar-refractivity contribution < 1.29 is 0 Å². The van der Waals surface area contributed by atoms with Crippen molar-refractivity contribution in [3.8, 4) is 0 Å². The second-order valence-electron chi connectivity index (χ2n) is 4.61. The van der Waals surface area contributed by atoms with E-state index in [1.807, 2.05) is 0 Å². The molecule has 0 unspecified atom stereocenters. The van der Waals surface area contributed by atoms with E-state index in [2.05, 4.69) is 48.5 Å². The summed E-state index contributed by atoms with van der Waals surface area (Å²) in [5.74, 6) is 0. The average molecular weight is 192 g/mol. The van der Waals surface area contributed by atoms with Crippen molar-refractivity contribution in [2.75, 3.05) is 0 Å². The molecule has 0 saturated heterocycles. The molecule has 2 aliphatic rings. The minimum absolute atomic E-state index is 0.333. The number of aryl methyl sites for hydroxylation is 1. The standard InChI is InChI=1S/C15H12/c1-2-6-12-11(5-1)9-10-15(12)13-7-3-4-8-14(13)15/h1-8H,9-10H2. The highest BCUT2D eigenvalue weighted by Crippen LogP contribution is 2.61. The largest absolute Gasteiger partial charge is 0.0620 e. The summed E-state index contributed by atoms with van der Waals surface area (Å²) < 4.78 is 0. The molecule has 0 N–H and O–H groups in total. The maximum absolute atomic E-state index is 2.31. The zero-order valence-corrected chi connectivity index (χ0v) is 8.53. The Morgan fingerprint density at radius 2 is 1.33 bits per heavy atom. The Morgan fingerprint density at radius 3 is 2.07 bits per heavy atom. The van der Waals surface area contributed by atoms with Crippen LogP contribution in [0.4, 0.5) is 0 Å². The predicted molar refractivity (Wildman–Crippen MR) is 61.1 cm³/mol. The van der Waals surface area contributed by atoms with Gasteiger partial charge >= 0.3 is 0 Å². The van der Waals surface area contributed by atoms with Crippen molar-refractivity contribution in [3.05, 3.63) is 70.8 Å². The van der Waals surface area contributed by atoms with E-state index in [1.165, 1.54) is 12.8 Å². The first-order chi connectivity index (χ1) is 7.43. The molecule has 2 aliphatic carbocycles. The average Bonchev–Trinajstić information content (AvgIpc) is 2.77. The van der Waals surface area contributed by atoms with Gasteiger partial charge in [-0.3, -0.25) is 0 Å². The van der Waals surface area contributed by atoms with Crippen molar-refractivity contribution in [1.82, 2.24) is 0 Å². The van der Waals surface area contributed by atoms with Crippen molar-refractivity contribution in [2.45, 2.75) is 18.3 Å². The van der Waals surface area contributed by atoms with Crippen LogP contribution in [0.1, 0.15) is 28.7 Å². The Bertz CT molecular complexity index is 528. The number of hydrogen-bond acceptors (Lipinski definition) is 0. The first-order valence-electron chi connectivity index (χ1n) is 5.61. The van der Waals surface area contributed by atoms with Gasteiger partial charge in [-0.2, -0.15) is 0 Å². The Labute approximate surface area is 89.6 Å². The number of hydrogen-bond donors (Lipinski definition) is 0. The van der Waals surface area contributed by atoms with E-state index in [9.17, 15) is 0 Å². The van der Waals surface area contributed by atoms with Gasteiger partial charge in [-0.15, -0.1) is 0 Å². The first kappa shape index (κ1) is 7.70. The summed E-state index contributed by atoms with van der Waals surface area (Å²) >= 11 is 0. The van der Waals surface area contributed by atoms with Crippen LogP contribution in [-0.2, 0) is 11.8 Å². The molecule has 72 valence electrons. The molecule has 0 heteroatoms. The molecule has 0 heterocycles. The van der Waals surface area contributed by atoms with Crippen LogP contribution in [0.5, 0.6) is 0 Å². The van der Waals surface area contributed by atoms with Gasteiger partial charge in [0.2, 0.25) is 0 Å². The molecule has 1 spiro atoms. The zero-order chi connectivity index (χ0) is 9.88. The van der Waals surface area contributed by atoms with Crippen LogP contribution >= 0.6 is 0 Å². The third kappa shape index (κ3) is 0.753. The van der Waals surface area contributed by atoms with Crippen molar-refractivity contribution in [1.29, 1.82) is 0 Å². The van der Waals surface area contributed by atoms with Crippen LogP contribution in [0.25, 0.3) is 0 Å². The molecule has 0 saturated carbocycles. The fraction of sp³-hybridized carbons (Fsp3) is 0.200. The Kier molecular flexibility index (Phi) is 1.19. The molecule has 0 aliphatic heterocycles. The van der Waals surface area contributed by atoms with Gasteiger partial charge in [0, 0.05) is 5.41 Å². The lowest BCUT2D eigenvalue weighted by Crippen LogP contribution is -2.04. The third-order valence-corrected chi connectivity index (χ3v) is 4.03. The number of fused-ring (bicyclic) bond motifs is 5. The fourth-order valence-electron chi connectivity index (χ4n) is 3.30. The Balaban J connectivity index is 1.98. The van der Waals surface area contributed by atoms with Crippen molar-refractivity contribution >= 4 is 0 Å². The zero-order valence-electron chi connectivity index (χ0n) is 8.53. The highest BCUT2D eigenvalue weighted by molar-refractivity contribution is 5.70. The van der Waals surface area contributed by atoms with E-state index in [1.54, 1.807) is 22.3 Å². The summed E-state index contributed by atoms with van der Waals surface area (Å²) in [5, 5.41) is 0. The highest BCUT2D eigenvalue weighted by Gasteiger charge is 2.54. The summed E-state index contributed by atoms with van der Waals surface area (Å²) in [7, 11) is 0. The van der Waals surface area contributed by atoms with Crippen molar-refractivity contribution in [3.63, 3.8) is 0 Å². The van der Waals surface area contributed by atoms with Crippen LogP contribution in [0, 0.1) is 0 Å². The molecule has 2 aromatic rings. The lowest BCUT2D eigenvalue weighted by Gasteiger charge is -2.08. The first-order valence-corrected chi connectivity index (χ1v) is 5.61. The third-order valence-electron chi connectivity index (χ3n) is 4.03. The maximum Gasteiger partial charge on any atom is 0.0463 e. The molecular formula is C15H12. The topological polar surface area (TPSA) is 0 Å². The Hall–Kier alpha value is -1.56.